The van der Waals surface area contributed by atoms with Crippen molar-refractivity contribution in [2.75, 3.05) is 11.9 Å². The second-order valence-corrected chi connectivity index (χ2v) is 4.24. The summed E-state index contributed by atoms with van der Waals surface area (Å²) >= 11 is 0. The highest BCUT2D eigenvalue weighted by Crippen LogP contribution is 2.18. The lowest BCUT2D eigenvalue weighted by molar-refractivity contribution is 0.102. The largest absolute Gasteiger partial charge is 0.494 e. The minimum Gasteiger partial charge on any atom is -0.494 e. The van der Waals surface area contributed by atoms with Crippen molar-refractivity contribution in [1.29, 1.82) is 0 Å². The Hall–Kier alpha value is -2.30. The number of hydrogen-bond acceptors (Lipinski definition) is 3. The standard InChI is InChI=1S/C14H17N3O2/c1-3-7-19-12-6-4-5-11(8-12)16-14(18)13-9-15-17-10(13)2/h4-6,8-9H,3,7H2,1-2H3,(H,15,17)(H,16,18). The first-order valence-corrected chi connectivity index (χ1v) is 6.25. The average Bonchev–Trinajstić information content (AvgIpc) is 2.83. The average molecular weight is 259 g/mol. The lowest BCUT2D eigenvalue weighted by Crippen LogP contribution is -2.12. The topological polar surface area (TPSA) is 67.0 Å². The van der Waals surface area contributed by atoms with Crippen molar-refractivity contribution in [1.82, 2.24) is 10.2 Å². The molecule has 100 valence electrons. The van der Waals surface area contributed by atoms with Crippen LogP contribution in [0, 0.1) is 6.92 Å². The summed E-state index contributed by atoms with van der Waals surface area (Å²) in [6, 6.07) is 7.35. The fourth-order valence-electron chi connectivity index (χ4n) is 1.66. The van der Waals surface area contributed by atoms with Gasteiger partial charge in [-0.05, 0) is 25.5 Å². The number of aromatic nitrogens is 2. The zero-order valence-corrected chi connectivity index (χ0v) is 11.1. The fraction of sp³-hybridized carbons (Fsp3) is 0.286. The van der Waals surface area contributed by atoms with Gasteiger partial charge in [-0.2, -0.15) is 5.10 Å². The summed E-state index contributed by atoms with van der Waals surface area (Å²) in [4.78, 5) is 12.0. The SMILES string of the molecule is CCCOc1cccc(NC(=O)c2cn[nH]c2C)c1. The molecule has 0 atom stereocenters. The smallest absolute Gasteiger partial charge is 0.259 e. The van der Waals surface area contributed by atoms with Crippen LogP contribution in [0.1, 0.15) is 29.4 Å². The van der Waals surface area contributed by atoms with Crippen molar-refractivity contribution in [3.05, 3.63) is 41.7 Å². The number of hydrogen-bond donors (Lipinski definition) is 2. The van der Waals surface area contributed by atoms with Crippen LogP contribution in [0.25, 0.3) is 0 Å². The highest BCUT2D eigenvalue weighted by atomic mass is 16.5. The number of amides is 1. The molecule has 0 spiro atoms. The van der Waals surface area contributed by atoms with Gasteiger partial charge >= 0.3 is 0 Å². The number of nitrogens with zero attached hydrogens (tertiary/aromatic N) is 1. The Morgan fingerprint density at radius 1 is 1.47 bits per heavy atom. The first kappa shape index (κ1) is 13.1. The van der Waals surface area contributed by atoms with Crippen LogP contribution in [0.5, 0.6) is 5.75 Å². The van der Waals surface area contributed by atoms with Crippen LogP contribution in [0.2, 0.25) is 0 Å². The minimum absolute atomic E-state index is 0.182. The Balaban J connectivity index is 2.07. The van der Waals surface area contributed by atoms with E-state index in [9.17, 15) is 4.79 Å². The third-order valence-electron chi connectivity index (χ3n) is 2.64. The molecule has 0 fully saturated rings. The lowest BCUT2D eigenvalue weighted by Gasteiger charge is -2.08. The molecule has 0 aliphatic carbocycles. The van der Waals surface area contributed by atoms with E-state index in [-0.39, 0.29) is 5.91 Å². The van der Waals surface area contributed by atoms with Gasteiger partial charge in [0.1, 0.15) is 5.75 Å². The van der Waals surface area contributed by atoms with E-state index >= 15 is 0 Å². The number of anilines is 1. The van der Waals surface area contributed by atoms with Crippen LogP contribution in [0.3, 0.4) is 0 Å². The first-order chi connectivity index (χ1) is 9.20. The van der Waals surface area contributed by atoms with Gasteiger partial charge in [-0.15, -0.1) is 0 Å². The van der Waals surface area contributed by atoms with Gasteiger partial charge in [0.05, 0.1) is 18.4 Å². The number of carbonyl (C=O) groups excluding carboxylic acids is 1. The molecule has 1 aromatic carbocycles. The van der Waals surface area contributed by atoms with Gasteiger partial charge in [0, 0.05) is 17.4 Å². The van der Waals surface area contributed by atoms with E-state index in [4.69, 9.17) is 4.74 Å². The van der Waals surface area contributed by atoms with Gasteiger partial charge in [0.15, 0.2) is 0 Å². The Bertz CT molecular complexity index is 563. The van der Waals surface area contributed by atoms with Crippen molar-refractivity contribution in [2.45, 2.75) is 20.3 Å². The molecule has 0 unspecified atom stereocenters. The Kier molecular flexibility index (Phi) is 4.18. The fourth-order valence-corrected chi connectivity index (χ4v) is 1.66. The van der Waals surface area contributed by atoms with Crippen LogP contribution in [0.4, 0.5) is 5.69 Å². The van der Waals surface area contributed by atoms with Crippen molar-refractivity contribution < 1.29 is 9.53 Å². The maximum absolute atomic E-state index is 12.0. The van der Waals surface area contributed by atoms with E-state index in [2.05, 4.69) is 15.5 Å². The van der Waals surface area contributed by atoms with E-state index in [1.165, 1.54) is 6.20 Å². The zero-order valence-electron chi connectivity index (χ0n) is 11.1. The number of benzene rings is 1. The van der Waals surface area contributed by atoms with E-state index in [0.29, 0.717) is 17.9 Å². The van der Waals surface area contributed by atoms with Gasteiger partial charge in [-0.1, -0.05) is 13.0 Å². The summed E-state index contributed by atoms with van der Waals surface area (Å²) in [7, 11) is 0. The molecule has 0 aliphatic rings. The number of aromatic amines is 1. The molecule has 2 N–H and O–H groups in total. The van der Waals surface area contributed by atoms with Crippen molar-refractivity contribution in [2.24, 2.45) is 0 Å². The van der Waals surface area contributed by atoms with E-state index < -0.39 is 0 Å². The Morgan fingerprint density at radius 2 is 2.32 bits per heavy atom. The molecule has 2 rings (SSSR count). The highest BCUT2D eigenvalue weighted by molar-refractivity contribution is 6.04. The summed E-state index contributed by atoms with van der Waals surface area (Å²) < 4.78 is 5.52. The van der Waals surface area contributed by atoms with Crippen LogP contribution in [0.15, 0.2) is 30.5 Å². The summed E-state index contributed by atoms with van der Waals surface area (Å²) in [6.45, 7) is 4.52. The maximum atomic E-state index is 12.0. The van der Waals surface area contributed by atoms with Gasteiger partial charge in [0.25, 0.3) is 5.91 Å². The van der Waals surface area contributed by atoms with E-state index in [0.717, 1.165) is 17.9 Å². The summed E-state index contributed by atoms with van der Waals surface area (Å²) in [5.41, 5.74) is 2.00. The quantitative estimate of drug-likeness (QED) is 0.867. The lowest BCUT2D eigenvalue weighted by atomic mass is 10.2. The molecule has 0 saturated carbocycles. The van der Waals surface area contributed by atoms with Crippen LogP contribution < -0.4 is 10.1 Å². The molecule has 0 radical (unpaired) electrons. The molecule has 0 bridgehead atoms. The zero-order chi connectivity index (χ0) is 13.7. The number of carbonyl (C=O) groups is 1. The maximum Gasteiger partial charge on any atom is 0.259 e. The van der Waals surface area contributed by atoms with Crippen molar-refractivity contribution >= 4 is 11.6 Å². The number of aryl methyl sites for hydroxylation is 1. The molecule has 0 saturated heterocycles. The van der Waals surface area contributed by atoms with Gasteiger partial charge in [-0.3, -0.25) is 9.89 Å². The van der Waals surface area contributed by atoms with Crippen LogP contribution in [-0.2, 0) is 0 Å². The molecular weight excluding hydrogens is 242 g/mol. The molecule has 5 heteroatoms. The Labute approximate surface area is 112 Å². The van der Waals surface area contributed by atoms with Crippen molar-refractivity contribution in [3.8, 4) is 5.75 Å². The molecule has 1 aromatic heterocycles. The number of rotatable bonds is 5. The molecule has 1 heterocycles. The summed E-state index contributed by atoms with van der Waals surface area (Å²) in [5, 5.41) is 9.39. The third kappa shape index (κ3) is 3.34. The van der Waals surface area contributed by atoms with Crippen molar-refractivity contribution in [3.63, 3.8) is 0 Å². The van der Waals surface area contributed by atoms with E-state index in [1.54, 1.807) is 0 Å². The molecule has 19 heavy (non-hydrogen) atoms. The minimum atomic E-state index is -0.182. The number of ether oxygens (including phenoxy) is 1. The van der Waals surface area contributed by atoms with Crippen LogP contribution in [-0.4, -0.2) is 22.7 Å². The summed E-state index contributed by atoms with van der Waals surface area (Å²) in [6.07, 6.45) is 2.47. The molecule has 5 nitrogen and oxygen atoms in total. The van der Waals surface area contributed by atoms with Gasteiger partial charge < -0.3 is 10.1 Å². The third-order valence-corrected chi connectivity index (χ3v) is 2.64. The molecular formula is C14H17N3O2. The molecule has 0 aliphatic heterocycles. The normalized spacial score (nSPS) is 10.2. The predicted octanol–water partition coefficient (Wildman–Crippen LogP) is 2.76. The van der Waals surface area contributed by atoms with Gasteiger partial charge in [0.2, 0.25) is 0 Å². The van der Waals surface area contributed by atoms with Crippen LogP contribution >= 0.6 is 0 Å². The monoisotopic (exact) mass is 259 g/mol. The van der Waals surface area contributed by atoms with Gasteiger partial charge in [-0.25, -0.2) is 0 Å². The number of H-pyrrole nitrogens is 1. The molecule has 1 amide bonds. The highest BCUT2D eigenvalue weighted by Gasteiger charge is 2.11. The second kappa shape index (κ2) is 6.04. The Morgan fingerprint density at radius 3 is 3.00 bits per heavy atom. The number of nitrogens with one attached hydrogen (secondary N) is 2. The predicted molar refractivity (Wildman–Crippen MR) is 73.5 cm³/mol. The van der Waals surface area contributed by atoms with E-state index in [1.807, 2.05) is 38.1 Å². The first-order valence-electron chi connectivity index (χ1n) is 6.25. The second-order valence-electron chi connectivity index (χ2n) is 4.24. The summed E-state index contributed by atoms with van der Waals surface area (Å²) in [5.74, 6) is 0.572. The molecule has 2 aromatic rings.